The second-order valence-electron chi connectivity index (χ2n) is 5.33. The van der Waals surface area contributed by atoms with E-state index >= 15 is 0 Å². The van der Waals surface area contributed by atoms with Gasteiger partial charge in [-0.1, -0.05) is 19.4 Å². The number of carbonyl (C=O) groups excluding carboxylic acids is 1. The lowest BCUT2D eigenvalue weighted by Gasteiger charge is -2.11. The van der Waals surface area contributed by atoms with E-state index in [1.165, 1.54) is 0 Å². The molecule has 1 aromatic heterocycles. The number of thiazole rings is 1. The van der Waals surface area contributed by atoms with Crippen molar-refractivity contribution in [1.82, 2.24) is 4.98 Å². The molecule has 3 nitrogen and oxygen atoms in total. The Bertz CT molecular complexity index is 723. The highest BCUT2D eigenvalue weighted by Gasteiger charge is 2.34. The quantitative estimate of drug-likeness (QED) is 0.851. The van der Waals surface area contributed by atoms with Crippen LogP contribution in [0.25, 0.3) is 0 Å². The van der Waals surface area contributed by atoms with E-state index in [4.69, 9.17) is 0 Å². The summed E-state index contributed by atoms with van der Waals surface area (Å²) in [4.78, 5) is 15.8. The highest BCUT2D eigenvalue weighted by molar-refractivity contribution is 7.14. The van der Waals surface area contributed by atoms with E-state index < -0.39 is 17.8 Å². The van der Waals surface area contributed by atoms with Gasteiger partial charge in [0.25, 0.3) is 5.91 Å². The first-order valence-corrected chi connectivity index (χ1v) is 8.04. The molecule has 0 bridgehead atoms. The van der Waals surface area contributed by atoms with Crippen molar-refractivity contribution < 1.29 is 18.0 Å². The minimum atomic E-state index is -4.51. The highest BCUT2D eigenvalue weighted by atomic mass is 32.1. The van der Waals surface area contributed by atoms with Crippen LogP contribution < -0.4 is 5.32 Å². The Kier molecular flexibility index (Phi) is 5.09. The zero-order valence-electron chi connectivity index (χ0n) is 13.0. The predicted molar refractivity (Wildman–Crippen MR) is 85.0 cm³/mol. The van der Waals surface area contributed by atoms with Gasteiger partial charge in [0.2, 0.25) is 0 Å². The molecular formula is C16H17F3N2OS. The molecule has 1 N–H and O–H groups in total. The lowest BCUT2D eigenvalue weighted by atomic mass is 9.97. The summed E-state index contributed by atoms with van der Waals surface area (Å²) in [7, 11) is 0. The second-order valence-corrected chi connectivity index (χ2v) is 6.18. The zero-order valence-corrected chi connectivity index (χ0v) is 13.9. The minimum absolute atomic E-state index is 0.0553. The number of hydrogen-bond donors (Lipinski definition) is 1. The molecule has 0 aliphatic carbocycles. The van der Waals surface area contributed by atoms with E-state index in [2.05, 4.69) is 10.3 Å². The second kappa shape index (κ2) is 6.70. The Morgan fingerprint density at radius 3 is 2.57 bits per heavy atom. The van der Waals surface area contributed by atoms with Crippen LogP contribution in [0.5, 0.6) is 0 Å². The lowest BCUT2D eigenvalue weighted by molar-refractivity contribution is -0.140. The maximum Gasteiger partial charge on any atom is 0.434 e. The van der Waals surface area contributed by atoms with Crippen LogP contribution in [0.4, 0.5) is 18.3 Å². The SMILES string of the molecule is CCCc1cc(C)c(C)c(C(=O)Nc2nc(C(F)(F)F)cs2)c1. The minimum Gasteiger partial charge on any atom is -0.298 e. The first kappa shape index (κ1) is 17.5. The summed E-state index contributed by atoms with van der Waals surface area (Å²) in [5.74, 6) is -0.438. The molecule has 124 valence electrons. The molecule has 0 saturated carbocycles. The van der Waals surface area contributed by atoms with Crippen LogP contribution in [0, 0.1) is 13.8 Å². The summed E-state index contributed by atoms with van der Waals surface area (Å²) in [6.07, 6.45) is -2.71. The summed E-state index contributed by atoms with van der Waals surface area (Å²) in [6.45, 7) is 5.78. The molecule has 0 saturated heterocycles. The van der Waals surface area contributed by atoms with Crippen molar-refractivity contribution in [2.45, 2.75) is 39.8 Å². The Balaban J connectivity index is 2.25. The maximum absolute atomic E-state index is 12.5. The van der Waals surface area contributed by atoms with Gasteiger partial charge in [-0.3, -0.25) is 10.1 Å². The van der Waals surface area contributed by atoms with Crippen molar-refractivity contribution in [2.24, 2.45) is 0 Å². The molecule has 2 rings (SSSR count). The van der Waals surface area contributed by atoms with Crippen LogP contribution >= 0.6 is 11.3 Å². The summed E-state index contributed by atoms with van der Waals surface area (Å²) in [5.41, 5.74) is 2.31. The molecule has 0 atom stereocenters. The first-order valence-electron chi connectivity index (χ1n) is 7.16. The van der Waals surface area contributed by atoms with Crippen molar-refractivity contribution in [3.8, 4) is 0 Å². The molecule has 7 heteroatoms. The molecule has 0 unspecified atom stereocenters. The highest BCUT2D eigenvalue weighted by Crippen LogP contribution is 2.31. The molecule has 0 aliphatic heterocycles. The van der Waals surface area contributed by atoms with Crippen LogP contribution in [-0.2, 0) is 12.6 Å². The fraction of sp³-hybridized carbons (Fsp3) is 0.375. The number of anilines is 1. The fourth-order valence-electron chi connectivity index (χ4n) is 2.23. The number of hydrogen-bond acceptors (Lipinski definition) is 3. The molecular weight excluding hydrogens is 325 g/mol. The van der Waals surface area contributed by atoms with Crippen LogP contribution in [-0.4, -0.2) is 10.9 Å². The third-order valence-corrected chi connectivity index (χ3v) is 4.28. The van der Waals surface area contributed by atoms with Crippen molar-refractivity contribution in [3.05, 3.63) is 45.5 Å². The van der Waals surface area contributed by atoms with Crippen molar-refractivity contribution in [1.29, 1.82) is 0 Å². The largest absolute Gasteiger partial charge is 0.434 e. The predicted octanol–water partition coefficient (Wildman–Crippen LogP) is 4.98. The number of benzene rings is 1. The number of halogens is 3. The van der Waals surface area contributed by atoms with Crippen molar-refractivity contribution in [2.75, 3.05) is 5.32 Å². The van der Waals surface area contributed by atoms with E-state index in [1.54, 1.807) is 6.07 Å². The average Bonchev–Trinajstić information content (AvgIpc) is 2.91. The Hall–Kier alpha value is -1.89. The number of aryl methyl sites for hydroxylation is 2. The van der Waals surface area contributed by atoms with Gasteiger partial charge in [-0.05, 0) is 43.0 Å². The van der Waals surface area contributed by atoms with Crippen LogP contribution in [0.15, 0.2) is 17.5 Å². The van der Waals surface area contributed by atoms with Gasteiger partial charge in [0.1, 0.15) is 0 Å². The summed E-state index contributed by atoms with van der Waals surface area (Å²) >= 11 is 0.761. The first-order chi connectivity index (χ1) is 10.7. The van der Waals surface area contributed by atoms with Crippen LogP contribution in [0.1, 0.15) is 46.1 Å². The molecule has 0 aliphatic rings. The van der Waals surface area contributed by atoms with Crippen LogP contribution in [0.2, 0.25) is 0 Å². The number of nitrogens with one attached hydrogen (secondary N) is 1. The number of alkyl halides is 3. The molecule has 2 aromatic rings. The van der Waals surface area contributed by atoms with Gasteiger partial charge in [0, 0.05) is 10.9 Å². The number of amides is 1. The van der Waals surface area contributed by atoms with Crippen molar-refractivity contribution in [3.63, 3.8) is 0 Å². The van der Waals surface area contributed by atoms with Crippen LogP contribution in [0.3, 0.4) is 0 Å². The maximum atomic E-state index is 12.5. The van der Waals surface area contributed by atoms with Gasteiger partial charge in [-0.15, -0.1) is 11.3 Å². The molecule has 1 aromatic carbocycles. The van der Waals surface area contributed by atoms with Gasteiger partial charge in [-0.2, -0.15) is 13.2 Å². The van der Waals surface area contributed by atoms with Gasteiger partial charge < -0.3 is 0 Å². The number of carbonyl (C=O) groups is 1. The fourth-order valence-corrected chi connectivity index (χ4v) is 2.94. The third-order valence-electron chi connectivity index (χ3n) is 3.53. The summed E-state index contributed by atoms with van der Waals surface area (Å²) in [5, 5.41) is 3.29. The molecule has 23 heavy (non-hydrogen) atoms. The average molecular weight is 342 g/mol. The van der Waals surface area contributed by atoms with E-state index in [0.717, 1.165) is 46.2 Å². The number of nitrogens with zero attached hydrogens (tertiary/aromatic N) is 1. The standard InChI is InChI=1S/C16H17F3N2OS/c1-4-5-11-6-9(2)10(3)12(7-11)14(22)21-15-20-13(8-23-15)16(17,18)19/h6-8H,4-5H2,1-3H3,(H,20,21,22). The molecule has 0 spiro atoms. The Labute approximate surface area is 136 Å². The van der Waals surface area contributed by atoms with Gasteiger partial charge in [0.15, 0.2) is 10.8 Å². The lowest BCUT2D eigenvalue weighted by Crippen LogP contribution is -2.15. The zero-order chi connectivity index (χ0) is 17.2. The van der Waals surface area contributed by atoms with Gasteiger partial charge in [0.05, 0.1) is 0 Å². The smallest absolute Gasteiger partial charge is 0.298 e. The van der Waals surface area contributed by atoms with E-state index in [1.807, 2.05) is 26.8 Å². The third kappa shape index (κ3) is 4.10. The molecule has 0 radical (unpaired) electrons. The molecule has 0 fully saturated rings. The van der Waals surface area contributed by atoms with E-state index in [-0.39, 0.29) is 5.13 Å². The Morgan fingerprint density at radius 2 is 2.00 bits per heavy atom. The molecule has 1 heterocycles. The van der Waals surface area contributed by atoms with Gasteiger partial charge in [-0.25, -0.2) is 4.98 Å². The molecule has 1 amide bonds. The normalized spacial score (nSPS) is 11.6. The van der Waals surface area contributed by atoms with E-state index in [9.17, 15) is 18.0 Å². The summed E-state index contributed by atoms with van der Waals surface area (Å²) in [6, 6.07) is 3.82. The van der Waals surface area contributed by atoms with Gasteiger partial charge >= 0.3 is 6.18 Å². The summed E-state index contributed by atoms with van der Waals surface area (Å²) < 4.78 is 37.6. The topological polar surface area (TPSA) is 42.0 Å². The van der Waals surface area contributed by atoms with Crippen molar-refractivity contribution >= 4 is 22.4 Å². The van der Waals surface area contributed by atoms with E-state index in [0.29, 0.717) is 5.56 Å². The number of rotatable bonds is 4. The Morgan fingerprint density at radius 1 is 1.30 bits per heavy atom. The monoisotopic (exact) mass is 342 g/mol. The number of aromatic nitrogens is 1.